The number of rotatable bonds is 1. The van der Waals surface area contributed by atoms with Crippen LogP contribution in [0.4, 0.5) is 8.78 Å². The molecule has 1 aromatic rings. The van der Waals surface area contributed by atoms with Gasteiger partial charge in [0.15, 0.2) is 0 Å². The van der Waals surface area contributed by atoms with E-state index in [9.17, 15) is 8.78 Å². The molecule has 2 rings (SSSR count). The SMILES string of the molecule is Fc1ccc(C2CCCCO2)c(F)c1. The minimum absolute atomic E-state index is 0.190. The zero-order valence-corrected chi connectivity index (χ0v) is 7.80. The summed E-state index contributed by atoms with van der Waals surface area (Å²) < 4.78 is 31.4. The Balaban J connectivity index is 2.22. The van der Waals surface area contributed by atoms with Crippen molar-refractivity contribution >= 4 is 0 Å². The first-order valence-electron chi connectivity index (χ1n) is 4.84. The van der Waals surface area contributed by atoms with Crippen molar-refractivity contribution < 1.29 is 13.5 Å². The van der Waals surface area contributed by atoms with Gasteiger partial charge in [0.2, 0.25) is 0 Å². The fourth-order valence-corrected chi connectivity index (χ4v) is 1.75. The van der Waals surface area contributed by atoms with Gasteiger partial charge in [-0.05, 0) is 25.3 Å². The molecular weight excluding hydrogens is 186 g/mol. The van der Waals surface area contributed by atoms with Crippen molar-refractivity contribution in [1.29, 1.82) is 0 Å². The Morgan fingerprint density at radius 2 is 2.07 bits per heavy atom. The van der Waals surface area contributed by atoms with Crippen molar-refractivity contribution in [3.05, 3.63) is 35.4 Å². The first-order chi connectivity index (χ1) is 6.77. The molecule has 1 saturated heterocycles. The van der Waals surface area contributed by atoms with E-state index in [1.807, 2.05) is 0 Å². The quantitative estimate of drug-likeness (QED) is 0.673. The molecule has 14 heavy (non-hydrogen) atoms. The second kappa shape index (κ2) is 4.05. The normalized spacial score (nSPS) is 22.3. The Bertz CT molecular complexity index is 319. The van der Waals surface area contributed by atoms with Gasteiger partial charge in [-0.2, -0.15) is 0 Å². The van der Waals surface area contributed by atoms with Crippen LogP contribution < -0.4 is 0 Å². The highest BCUT2D eigenvalue weighted by atomic mass is 19.1. The van der Waals surface area contributed by atoms with Gasteiger partial charge in [-0.3, -0.25) is 0 Å². The summed E-state index contributed by atoms with van der Waals surface area (Å²) in [6.45, 7) is 0.668. The zero-order chi connectivity index (χ0) is 9.97. The summed E-state index contributed by atoms with van der Waals surface area (Å²) in [5.74, 6) is -1.04. The van der Waals surface area contributed by atoms with Crippen LogP contribution in [0.25, 0.3) is 0 Å². The average Bonchev–Trinajstić information content (AvgIpc) is 2.19. The fourth-order valence-electron chi connectivity index (χ4n) is 1.75. The van der Waals surface area contributed by atoms with Crippen LogP contribution in [0.15, 0.2) is 18.2 Å². The van der Waals surface area contributed by atoms with E-state index in [-0.39, 0.29) is 6.10 Å². The van der Waals surface area contributed by atoms with E-state index in [2.05, 4.69) is 0 Å². The average molecular weight is 198 g/mol. The first-order valence-corrected chi connectivity index (χ1v) is 4.84. The second-order valence-corrected chi connectivity index (χ2v) is 3.52. The van der Waals surface area contributed by atoms with E-state index >= 15 is 0 Å². The topological polar surface area (TPSA) is 9.23 Å². The highest BCUT2D eigenvalue weighted by Gasteiger charge is 2.19. The van der Waals surface area contributed by atoms with E-state index < -0.39 is 11.6 Å². The minimum Gasteiger partial charge on any atom is -0.373 e. The van der Waals surface area contributed by atoms with Crippen LogP contribution in [-0.2, 0) is 4.74 Å². The van der Waals surface area contributed by atoms with E-state index in [1.165, 1.54) is 12.1 Å². The molecule has 1 heterocycles. The van der Waals surface area contributed by atoms with Crippen LogP contribution in [0.3, 0.4) is 0 Å². The van der Waals surface area contributed by atoms with Crippen molar-refractivity contribution in [2.45, 2.75) is 25.4 Å². The lowest BCUT2D eigenvalue weighted by atomic mass is 10.0. The summed E-state index contributed by atoms with van der Waals surface area (Å²) >= 11 is 0. The zero-order valence-electron chi connectivity index (χ0n) is 7.80. The van der Waals surface area contributed by atoms with Crippen LogP contribution in [0.5, 0.6) is 0 Å². The molecular formula is C11H12F2O. The Hall–Kier alpha value is -0.960. The van der Waals surface area contributed by atoms with Crippen molar-refractivity contribution in [1.82, 2.24) is 0 Å². The van der Waals surface area contributed by atoms with Gasteiger partial charge >= 0.3 is 0 Å². The summed E-state index contributed by atoms with van der Waals surface area (Å²) in [5, 5.41) is 0. The maximum absolute atomic E-state index is 13.3. The molecule has 1 aliphatic heterocycles. The Kier molecular flexibility index (Phi) is 2.77. The molecule has 0 amide bonds. The third-order valence-electron chi connectivity index (χ3n) is 2.49. The molecule has 1 fully saturated rings. The standard InChI is InChI=1S/C11H12F2O/c12-8-4-5-9(10(13)7-8)11-3-1-2-6-14-11/h4-5,7,11H,1-3,6H2. The van der Waals surface area contributed by atoms with Crippen LogP contribution in [0.1, 0.15) is 30.9 Å². The summed E-state index contributed by atoms with van der Waals surface area (Å²) in [6.07, 6.45) is 2.70. The van der Waals surface area contributed by atoms with Gasteiger partial charge in [0.05, 0.1) is 6.10 Å². The molecule has 1 aromatic carbocycles. The molecule has 0 spiro atoms. The Morgan fingerprint density at radius 1 is 1.21 bits per heavy atom. The lowest BCUT2D eigenvalue weighted by Crippen LogP contribution is -2.12. The van der Waals surface area contributed by atoms with Gasteiger partial charge in [0, 0.05) is 18.2 Å². The number of hydrogen-bond acceptors (Lipinski definition) is 1. The number of halogens is 2. The van der Waals surface area contributed by atoms with Gasteiger partial charge in [-0.25, -0.2) is 8.78 Å². The van der Waals surface area contributed by atoms with E-state index in [0.29, 0.717) is 12.2 Å². The van der Waals surface area contributed by atoms with Crippen LogP contribution in [0.2, 0.25) is 0 Å². The Labute approximate surface area is 81.7 Å². The summed E-state index contributed by atoms with van der Waals surface area (Å²) in [6, 6.07) is 3.66. The van der Waals surface area contributed by atoms with E-state index in [4.69, 9.17) is 4.74 Å². The van der Waals surface area contributed by atoms with Gasteiger partial charge in [-0.15, -0.1) is 0 Å². The molecule has 1 atom stereocenters. The molecule has 0 radical (unpaired) electrons. The maximum Gasteiger partial charge on any atom is 0.131 e. The molecule has 0 saturated carbocycles. The largest absolute Gasteiger partial charge is 0.373 e. The molecule has 1 unspecified atom stereocenters. The van der Waals surface area contributed by atoms with E-state index in [1.54, 1.807) is 0 Å². The van der Waals surface area contributed by atoms with E-state index in [0.717, 1.165) is 25.3 Å². The van der Waals surface area contributed by atoms with Gasteiger partial charge < -0.3 is 4.74 Å². The molecule has 0 bridgehead atoms. The third-order valence-corrected chi connectivity index (χ3v) is 2.49. The minimum atomic E-state index is -0.540. The lowest BCUT2D eigenvalue weighted by molar-refractivity contribution is 0.0128. The van der Waals surface area contributed by atoms with Crippen LogP contribution in [0, 0.1) is 11.6 Å². The monoisotopic (exact) mass is 198 g/mol. The number of hydrogen-bond donors (Lipinski definition) is 0. The molecule has 0 aliphatic carbocycles. The van der Waals surface area contributed by atoms with Crippen LogP contribution >= 0.6 is 0 Å². The van der Waals surface area contributed by atoms with Gasteiger partial charge in [0.25, 0.3) is 0 Å². The second-order valence-electron chi connectivity index (χ2n) is 3.52. The van der Waals surface area contributed by atoms with Crippen LogP contribution in [-0.4, -0.2) is 6.61 Å². The molecule has 1 nitrogen and oxygen atoms in total. The van der Waals surface area contributed by atoms with Crippen molar-refractivity contribution in [3.8, 4) is 0 Å². The number of benzene rings is 1. The first kappa shape index (κ1) is 9.59. The molecule has 0 aromatic heterocycles. The highest BCUT2D eigenvalue weighted by Crippen LogP contribution is 2.29. The van der Waals surface area contributed by atoms with Crippen molar-refractivity contribution in [3.63, 3.8) is 0 Å². The van der Waals surface area contributed by atoms with Crippen molar-refractivity contribution in [2.75, 3.05) is 6.61 Å². The highest BCUT2D eigenvalue weighted by molar-refractivity contribution is 5.21. The summed E-state index contributed by atoms with van der Waals surface area (Å²) in [5.41, 5.74) is 0.478. The lowest BCUT2D eigenvalue weighted by Gasteiger charge is -2.23. The van der Waals surface area contributed by atoms with Gasteiger partial charge in [0.1, 0.15) is 11.6 Å². The summed E-state index contributed by atoms with van der Waals surface area (Å²) in [4.78, 5) is 0. The molecule has 76 valence electrons. The molecule has 1 aliphatic rings. The number of ether oxygens (including phenoxy) is 1. The maximum atomic E-state index is 13.3. The predicted octanol–water partition coefficient (Wildman–Crippen LogP) is 3.21. The predicted molar refractivity (Wildman–Crippen MR) is 48.9 cm³/mol. The van der Waals surface area contributed by atoms with Gasteiger partial charge in [-0.1, -0.05) is 6.07 Å². The van der Waals surface area contributed by atoms with Crippen molar-refractivity contribution in [2.24, 2.45) is 0 Å². The smallest absolute Gasteiger partial charge is 0.131 e. The molecule has 3 heteroatoms. The third kappa shape index (κ3) is 1.93. The Morgan fingerprint density at radius 3 is 2.71 bits per heavy atom. The summed E-state index contributed by atoms with van der Waals surface area (Å²) in [7, 11) is 0. The fraction of sp³-hybridized carbons (Fsp3) is 0.455. The molecule has 0 N–H and O–H groups in total.